The Hall–Kier alpha value is -2.82. The molecule has 0 radical (unpaired) electrons. The number of nitrogens with zero attached hydrogens (tertiary/aromatic N) is 2. The van der Waals surface area contributed by atoms with E-state index in [9.17, 15) is 4.79 Å². The Kier molecular flexibility index (Phi) is 5.74. The van der Waals surface area contributed by atoms with Crippen LogP contribution in [0.2, 0.25) is 0 Å². The maximum absolute atomic E-state index is 11.9. The number of amides is 1. The van der Waals surface area contributed by atoms with Gasteiger partial charge in [-0.2, -0.15) is 5.10 Å². The fourth-order valence-electron chi connectivity index (χ4n) is 1.88. The molecule has 0 aromatic heterocycles. The van der Waals surface area contributed by atoms with Crippen molar-refractivity contribution in [3.8, 4) is 5.75 Å². The first-order valence-corrected chi connectivity index (χ1v) is 7.38. The molecule has 0 fully saturated rings. The van der Waals surface area contributed by atoms with Crippen molar-refractivity contribution in [3.63, 3.8) is 0 Å². The van der Waals surface area contributed by atoms with Crippen molar-refractivity contribution in [2.24, 2.45) is 5.10 Å². The van der Waals surface area contributed by atoms with Crippen LogP contribution in [0.5, 0.6) is 5.75 Å². The van der Waals surface area contributed by atoms with E-state index in [1.54, 1.807) is 25.3 Å². The molecule has 0 saturated carbocycles. The molecule has 0 aliphatic rings. The van der Waals surface area contributed by atoms with Crippen LogP contribution >= 0.6 is 0 Å². The van der Waals surface area contributed by atoms with Gasteiger partial charge in [0, 0.05) is 19.8 Å². The van der Waals surface area contributed by atoms with E-state index in [1.165, 1.54) is 0 Å². The Morgan fingerprint density at radius 2 is 1.78 bits per heavy atom. The van der Waals surface area contributed by atoms with Gasteiger partial charge in [0.25, 0.3) is 5.91 Å². The normalized spacial score (nSPS) is 12.0. The number of hydrogen-bond acceptors (Lipinski definition) is 4. The minimum absolute atomic E-state index is 0.296. The van der Waals surface area contributed by atoms with Crippen molar-refractivity contribution < 1.29 is 9.53 Å². The van der Waals surface area contributed by atoms with Crippen LogP contribution in [0.3, 0.4) is 0 Å². The molecule has 0 saturated heterocycles. The van der Waals surface area contributed by atoms with Gasteiger partial charge in [-0.05, 0) is 36.8 Å². The number of para-hydroxylation sites is 1. The van der Waals surface area contributed by atoms with Crippen molar-refractivity contribution in [2.75, 3.05) is 19.0 Å². The van der Waals surface area contributed by atoms with E-state index in [0.29, 0.717) is 5.75 Å². The van der Waals surface area contributed by atoms with Gasteiger partial charge < -0.3 is 9.64 Å². The molecular weight excluding hydrogens is 290 g/mol. The summed E-state index contributed by atoms with van der Waals surface area (Å²) in [4.78, 5) is 13.9. The van der Waals surface area contributed by atoms with E-state index in [4.69, 9.17) is 4.74 Å². The van der Waals surface area contributed by atoms with Gasteiger partial charge in [-0.25, -0.2) is 5.43 Å². The lowest BCUT2D eigenvalue weighted by molar-refractivity contribution is -0.127. The molecule has 2 aromatic carbocycles. The monoisotopic (exact) mass is 311 g/mol. The van der Waals surface area contributed by atoms with Crippen molar-refractivity contribution in [3.05, 3.63) is 60.2 Å². The second-order valence-electron chi connectivity index (χ2n) is 5.29. The van der Waals surface area contributed by atoms with Gasteiger partial charge in [0.15, 0.2) is 6.10 Å². The minimum Gasteiger partial charge on any atom is -0.481 e. The summed E-state index contributed by atoms with van der Waals surface area (Å²) in [6.45, 7) is 1.68. The van der Waals surface area contributed by atoms with Crippen LogP contribution in [-0.4, -0.2) is 32.3 Å². The van der Waals surface area contributed by atoms with Crippen LogP contribution in [-0.2, 0) is 4.79 Å². The van der Waals surface area contributed by atoms with Gasteiger partial charge >= 0.3 is 0 Å². The molecule has 1 atom stereocenters. The molecule has 1 unspecified atom stereocenters. The zero-order chi connectivity index (χ0) is 16.7. The zero-order valence-electron chi connectivity index (χ0n) is 13.6. The first-order valence-electron chi connectivity index (χ1n) is 7.38. The van der Waals surface area contributed by atoms with Crippen LogP contribution in [0.4, 0.5) is 5.69 Å². The third-order valence-corrected chi connectivity index (χ3v) is 3.22. The Morgan fingerprint density at radius 3 is 2.39 bits per heavy atom. The number of rotatable bonds is 6. The molecule has 2 aromatic rings. The van der Waals surface area contributed by atoms with E-state index >= 15 is 0 Å². The molecule has 1 N–H and O–H groups in total. The Balaban J connectivity index is 1.85. The average molecular weight is 311 g/mol. The van der Waals surface area contributed by atoms with Crippen LogP contribution < -0.4 is 15.1 Å². The van der Waals surface area contributed by atoms with Gasteiger partial charge in [0.1, 0.15) is 5.75 Å². The highest BCUT2D eigenvalue weighted by Crippen LogP contribution is 2.11. The molecule has 23 heavy (non-hydrogen) atoms. The third-order valence-electron chi connectivity index (χ3n) is 3.22. The highest BCUT2D eigenvalue weighted by Gasteiger charge is 2.13. The predicted octanol–water partition coefficient (Wildman–Crippen LogP) is 2.67. The summed E-state index contributed by atoms with van der Waals surface area (Å²) in [7, 11) is 3.97. The second kappa shape index (κ2) is 7.98. The summed E-state index contributed by atoms with van der Waals surface area (Å²) in [5, 5.41) is 3.96. The summed E-state index contributed by atoms with van der Waals surface area (Å²) >= 11 is 0. The lowest BCUT2D eigenvalue weighted by Crippen LogP contribution is -2.33. The number of benzene rings is 2. The molecule has 0 aliphatic heterocycles. The number of carbonyl (C=O) groups is 1. The number of anilines is 1. The number of nitrogens with one attached hydrogen (secondary N) is 1. The summed E-state index contributed by atoms with van der Waals surface area (Å²) < 4.78 is 5.53. The molecule has 5 nitrogen and oxygen atoms in total. The number of hydrazone groups is 1. The summed E-state index contributed by atoms with van der Waals surface area (Å²) in [5.74, 6) is 0.355. The van der Waals surface area contributed by atoms with Crippen LogP contribution in [0.25, 0.3) is 0 Å². The first-order chi connectivity index (χ1) is 11.1. The van der Waals surface area contributed by atoms with Gasteiger partial charge in [-0.15, -0.1) is 0 Å². The molecular formula is C18H21N3O2. The average Bonchev–Trinajstić information content (AvgIpc) is 2.56. The minimum atomic E-state index is -0.620. The quantitative estimate of drug-likeness (QED) is 0.659. The molecule has 0 aliphatic carbocycles. The SMILES string of the molecule is CC(Oc1ccccc1)C(=O)N/N=C/c1ccc(N(C)C)cc1. The second-order valence-corrected chi connectivity index (χ2v) is 5.29. The van der Waals surface area contributed by atoms with E-state index in [0.717, 1.165) is 11.3 Å². The maximum Gasteiger partial charge on any atom is 0.280 e. The van der Waals surface area contributed by atoms with Crippen molar-refractivity contribution >= 4 is 17.8 Å². The van der Waals surface area contributed by atoms with Gasteiger partial charge in [-0.3, -0.25) is 4.79 Å². The Morgan fingerprint density at radius 1 is 1.13 bits per heavy atom. The molecule has 5 heteroatoms. The highest BCUT2D eigenvalue weighted by molar-refractivity contribution is 5.84. The van der Waals surface area contributed by atoms with Gasteiger partial charge in [-0.1, -0.05) is 30.3 Å². The lowest BCUT2D eigenvalue weighted by atomic mass is 10.2. The lowest BCUT2D eigenvalue weighted by Gasteiger charge is -2.12. The van der Waals surface area contributed by atoms with E-state index < -0.39 is 6.10 Å². The van der Waals surface area contributed by atoms with Crippen molar-refractivity contribution in [2.45, 2.75) is 13.0 Å². The van der Waals surface area contributed by atoms with Crippen LogP contribution in [0, 0.1) is 0 Å². The smallest absolute Gasteiger partial charge is 0.280 e. The summed E-state index contributed by atoms with van der Waals surface area (Å²) in [6, 6.07) is 17.1. The van der Waals surface area contributed by atoms with Crippen LogP contribution in [0.15, 0.2) is 59.7 Å². The van der Waals surface area contributed by atoms with E-state index in [2.05, 4.69) is 10.5 Å². The molecule has 0 bridgehead atoms. The highest BCUT2D eigenvalue weighted by atomic mass is 16.5. The van der Waals surface area contributed by atoms with Crippen LogP contribution in [0.1, 0.15) is 12.5 Å². The van der Waals surface area contributed by atoms with Crippen molar-refractivity contribution in [1.82, 2.24) is 5.43 Å². The van der Waals surface area contributed by atoms with E-state index in [1.807, 2.05) is 61.5 Å². The predicted molar refractivity (Wildman–Crippen MR) is 93.0 cm³/mol. The Labute approximate surface area is 136 Å². The molecule has 1 amide bonds. The number of hydrogen-bond donors (Lipinski definition) is 1. The fraction of sp³-hybridized carbons (Fsp3) is 0.222. The zero-order valence-corrected chi connectivity index (χ0v) is 13.6. The van der Waals surface area contributed by atoms with Gasteiger partial charge in [0.2, 0.25) is 0 Å². The largest absolute Gasteiger partial charge is 0.481 e. The topological polar surface area (TPSA) is 53.9 Å². The molecule has 0 spiro atoms. The summed E-state index contributed by atoms with van der Waals surface area (Å²) in [6.07, 6.45) is 0.984. The third kappa shape index (κ3) is 5.14. The molecule has 2 rings (SSSR count). The van der Waals surface area contributed by atoms with Crippen molar-refractivity contribution in [1.29, 1.82) is 0 Å². The molecule has 120 valence electrons. The Bertz CT molecular complexity index is 652. The molecule has 0 heterocycles. The van der Waals surface area contributed by atoms with Gasteiger partial charge in [0.05, 0.1) is 6.21 Å². The summed E-state index contributed by atoms with van der Waals surface area (Å²) in [5.41, 5.74) is 4.50. The van der Waals surface area contributed by atoms with E-state index in [-0.39, 0.29) is 5.91 Å². The number of ether oxygens (including phenoxy) is 1. The maximum atomic E-state index is 11.9. The fourth-order valence-corrected chi connectivity index (χ4v) is 1.88. The standard InChI is InChI=1S/C18H21N3O2/c1-14(23-17-7-5-4-6-8-17)18(22)20-19-13-15-9-11-16(12-10-15)21(2)3/h4-14H,1-3H3,(H,20,22)/b19-13+. The first kappa shape index (κ1) is 16.5. The number of carbonyl (C=O) groups excluding carboxylic acids is 1.